The topological polar surface area (TPSA) is 88.2 Å². The molecular formula is C18H15ClF3N7. The van der Waals surface area contributed by atoms with Gasteiger partial charge in [-0.25, -0.2) is 9.97 Å². The summed E-state index contributed by atoms with van der Waals surface area (Å²) < 4.78 is 41.8. The zero-order valence-electron chi connectivity index (χ0n) is 15.3. The number of aryl methyl sites for hydroxylation is 2. The van der Waals surface area contributed by atoms with Crippen molar-refractivity contribution >= 4 is 22.8 Å². The fraction of sp³-hybridized carbons (Fsp3) is 0.222. The van der Waals surface area contributed by atoms with Gasteiger partial charge in [-0.05, 0) is 29.7 Å². The Morgan fingerprint density at radius 2 is 2.00 bits per heavy atom. The highest BCUT2D eigenvalue weighted by molar-refractivity contribution is 6.28. The van der Waals surface area contributed by atoms with E-state index in [2.05, 4.69) is 19.9 Å². The van der Waals surface area contributed by atoms with Crippen LogP contribution in [0.4, 0.5) is 13.2 Å². The molecule has 7 nitrogen and oxygen atoms in total. The van der Waals surface area contributed by atoms with Gasteiger partial charge in [-0.1, -0.05) is 18.2 Å². The summed E-state index contributed by atoms with van der Waals surface area (Å²) in [6.07, 6.45) is -2.02. The molecule has 0 aliphatic rings. The van der Waals surface area contributed by atoms with Gasteiger partial charge in [-0.3, -0.25) is 9.98 Å². The van der Waals surface area contributed by atoms with Crippen LogP contribution in [0.5, 0.6) is 0 Å². The van der Waals surface area contributed by atoms with Gasteiger partial charge < -0.3 is 9.55 Å². The van der Waals surface area contributed by atoms with Crippen molar-refractivity contribution in [3.05, 3.63) is 58.3 Å². The van der Waals surface area contributed by atoms with Crippen LogP contribution in [0.15, 0.2) is 30.6 Å². The number of rotatable bonds is 3. The molecule has 0 bridgehead atoms. The van der Waals surface area contributed by atoms with Crippen LogP contribution in [0.1, 0.15) is 16.8 Å². The molecule has 0 aliphatic carbocycles. The van der Waals surface area contributed by atoms with Gasteiger partial charge in [0.05, 0.1) is 12.7 Å². The van der Waals surface area contributed by atoms with E-state index in [1.54, 1.807) is 23.6 Å². The fourth-order valence-corrected chi connectivity index (χ4v) is 3.34. The van der Waals surface area contributed by atoms with Gasteiger partial charge in [0.25, 0.3) is 0 Å². The van der Waals surface area contributed by atoms with Crippen molar-refractivity contribution in [3.8, 4) is 11.4 Å². The maximum atomic E-state index is 12.9. The van der Waals surface area contributed by atoms with Crippen LogP contribution in [0, 0.1) is 12.3 Å². The van der Waals surface area contributed by atoms with E-state index >= 15 is 0 Å². The molecule has 0 unspecified atom stereocenters. The number of hydrogen-bond acceptors (Lipinski definition) is 4. The highest BCUT2D eigenvalue weighted by Gasteiger charge is 2.34. The van der Waals surface area contributed by atoms with Crippen molar-refractivity contribution in [1.82, 2.24) is 29.1 Å². The summed E-state index contributed by atoms with van der Waals surface area (Å²) in [6, 6.07) is 5.37. The van der Waals surface area contributed by atoms with Crippen LogP contribution in [-0.4, -0.2) is 29.1 Å². The van der Waals surface area contributed by atoms with Gasteiger partial charge in [-0.15, -0.1) is 0 Å². The number of nitrogens with one attached hydrogen (secondary N) is 2. The average Bonchev–Trinajstić information content (AvgIpc) is 3.16. The maximum Gasteiger partial charge on any atom is 0.434 e. The molecule has 0 fully saturated rings. The van der Waals surface area contributed by atoms with Gasteiger partial charge in [0, 0.05) is 18.8 Å². The predicted molar refractivity (Wildman–Crippen MR) is 100 cm³/mol. The molecule has 0 spiro atoms. The van der Waals surface area contributed by atoms with Gasteiger partial charge in [0.1, 0.15) is 11.3 Å². The summed E-state index contributed by atoms with van der Waals surface area (Å²) in [4.78, 5) is 14.7. The summed E-state index contributed by atoms with van der Waals surface area (Å²) in [6.45, 7) is 2.14. The van der Waals surface area contributed by atoms with Gasteiger partial charge in [0.15, 0.2) is 11.3 Å². The zero-order valence-corrected chi connectivity index (χ0v) is 16.1. The van der Waals surface area contributed by atoms with E-state index in [4.69, 9.17) is 17.0 Å². The highest BCUT2D eigenvalue weighted by Crippen LogP contribution is 2.31. The van der Waals surface area contributed by atoms with Crippen LogP contribution in [0.25, 0.3) is 22.6 Å². The Kier molecular flexibility index (Phi) is 4.45. The lowest BCUT2D eigenvalue weighted by Crippen LogP contribution is -2.18. The Labute approximate surface area is 167 Å². The lowest BCUT2D eigenvalue weighted by Gasteiger charge is -2.10. The van der Waals surface area contributed by atoms with Crippen LogP contribution < -0.4 is 5.62 Å². The van der Waals surface area contributed by atoms with E-state index in [0.29, 0.717) is 23.3 Å². The molecule has 150 valence electrons. The van der Waals surface area contributed by atoms with Crippen molar-refractivity contribution in [2.75, 3.05) is 0 Å². The molecule has 29 heavy (non-hydrogen) atoms. The number of benzene rings is 1. The Bertz CT molecular complexity index is 1280. The normalized spacial score (nSPS) is 12.1. The molecule has 0 saturated heterocycles. The van der Waals surface area contributed by atoms with E-state index in [1.165, 1.54) is 17.8 Å². The third kappa shape index (κ3) is 3.51. The number of aromatic amines is 1. The molecule has 0 amide bonds. The quantitative estimate of drug-likeness (QED) is 0.495. The average molecular weight is 422 g/mol. The largest absolute Gasteiger partial charge is 0.434 e. The van der Waals surface area contributed by atoms with Crippen LogP contribution >= 0.6 is 11.6 Å². The van der Waals surface area contributed by atoms with E-state index in [0.717, 1.165) is 17.3 Å². The standard InChI is InChI=1S/C18H15ClF3N7/c1-9-5-10(7-29-15-12(25-17(29)23)6-24-16(19)27-15)3-4-11(9)14-26-13(8-28(14)2)18(20,21)22/h3-6,8H,7H2,1-2H3,(H2,23,25). The minimum Gasteiger partial charge on any atom is -0.333 e. The lowest BCUT2D eigenvalue weighted by molar-refractivity contribution is -0.140. The minimum atomic E-state index is -4.50. The SMILES string of the molecule is Cc1cc(Cn2c(=N)[nH]c3cnc(Cl)nc32)ccc1-c1nc(C(F)(F)F)cn1C. The van der Waals surface area contributed by atoms with Gasteiger partial charge >= 0.3 is 6.18 Å². The number of nitrogens with zero attached hydrogens (tertiary/aromatic N) is 5. The molecule has 0 radical (unpaired) electrons. The van der Waals surface area contributed by atoms with Crippen molar-refractivity contribution < 1.29 is 13.2 Å². The Hall–Kier alpha value is -3.14. The van der Waals surface area contributed by atoms with E-state index in [1.807, 2.05) is 6.07 Å². The lowest BCUT2D eigenvalue weighted by atomic mass is 10.0. The summed E-state index contributed by atoms with van der Waals surface area (Å²) in [5.41, 5.74) is 2.51. The van der Waals surface area contributed by atoms with Crippen LogP contribution in [0.2, 0.25) is 5.28 Å². The minimum absolute atomic E-state index is 0.0760. The molecule has 4 aromatic rings. The van der Waals surface area contributed by atoms with Gasteiger partial charge in [-0.2, -0.15) is 18.2 Å². The molecular weight excluding hydrogens is 407 g/mol. The first-order chi connectivity index (χ1) is 13.6. The Morgan fingerprint density at radius 3 is 2.66 bits per heavy atom. The summed E-state index contributed by atoms with van der Waals surface area (Å²) >= 11 is 5.87. The second-order valence-corrected chi connectivity index (χ2v) is 6.98. The van der Waals surface area contributed by atoms with Crippen molar-refractivity contribution in [2.24, 2.45) is 7.05 Å². The smallest absolute Gasteiger partial charge is 0.333 e. The van der Waals surface area contributed by atoms with Crippen molar-refractivity contribution in [2.45, 2.75) is 19.6 Å². The second-order valence-electron chi connectivity index (χ2n) is 6.64. The van der Waals surface area contributed by atoms with Crippen molar-refractivity contribution in [3.63, 3.8) is 0 Å². The monoisotopic (exact) mass is 421 g/mol. The Balaban J connectivity index is 1.71. The fourth-order valence-electron chi connectivity index (χ4n) is 3.21. The molecule has 4 rings (SSSR count). The highest BCUT2D eigenvalue weighted by atomic mass is 35.5. The number of alkyl halides is 3. The summed E-state index contributed by atoms with van der Waals surface area (Å²) in [7, 11) is 1.53. The number of halogens is 4. The van der Waals surface area contributed by atoms with E-state index < -0.39 is 11.9 Å². The Morgan fingerprint density at radius 1 is 1.24 bits per heavy atom. The molecule has 11 heteroatoms. The van der Waals surface area contributed by atoms with E-state index in [9.17, 15) is 13.2 Å². The molecule has 3 heterocycles. The molecule has 0 saturated carbocycles. The van der Waals surface area contributed by atoms with E-state index in [-0.39, 0.29) is 16.7 Å². The first-order valence-electron chi connectivity index (χ1n) is 8.49. The summed E-state index contributed by atoms with van der Waals surface area (Å²) in [5, 5.41) is 8.19. The number of imidazole rings is 2. The number of aromatic nitrogens is 6. The van der Waals surface area contributed by atoms with Crippen LogP contribution in [-0.2, 0) is 19.8 Å². The van der Waals surface area contributed by atoms with Gasteiger partial charge in [0.2, 0.25) is 10.9 Å². The number of hydrogen-bond donors (Lipinski definition) is 2. The third-order valence-corrected chi connectivity index (χ3v) is 4.74. The summed E-state index contributed by atoms with van der Waals surface area (Å²) in [5.74, 6) is 0.238. The molecule has 1 aromatic carbocycles. The second kappa shape index (κ2) is 6.73. The maximum absolute atomic E-state index is 12.9. The molecule has 0 atom stereocenters. The molecule has 2 N–H and O–H groups in total. The molecule has 3 aromatic heterocycles. The van der Waals surface area contributed by atoms with Crippen molar-refractivity contribution in [1.29, 1.82) is 5.41 Å². The number of fused-ring (bicyclic) bond motifs is 1. The zero-order chi connectivity index (χ0) is 20.9. The van der Waals surface area contributed by atoms with Crippen LogP contribution in [0.3, 0.4) is 0 Å². The first-order valence-corrected chi connectivity index (χ1v) is 8.87. The third-order valence-electron chi connectivity index (χ3n) is 4.56. The predicted octanol–water partition coefficient (Wildman–Crippen LogP) is 3.67. The molecule has 0 aliphatic heterocycles. The number of H-pyrrole nitrogens is 1. The first kappa shape index (κ1) is 19.2.